The lowest BCUT2D eigenvalue weighted by Crippen LogP contribution is -2.20. The number of nitrogens with two attached hydrogens (primary N) is 2. The number of aryl methyl sites for hydroxylation is 1. The molecule has 0 bridgehead atoms. The highest BCUT2D eigenvalue weighted by atomic mass is 16.5. The Morgan fingerprint density at radius 1 is 1.03 bits per heavy atom. The van der Waals surface area contributed by atoms with Crippen molar-refractivity contribution in [1.82, 2.24) is 0 Å². The molecular formula is C27H44N2O2. The minimum atomic E-state index is 0.219. The van der Waals surface area contributed by atoms with E-state index in [1.807, 2.05) is 0 Å². The van der Waals surface area contributed by atoms with Crippen LogP contribution in [0.2, 0.25) is 0 Å². The lowest BCUT2D eigenvalue weighted by molar-refractivity contribution is 0.285. The van der Waals surface area contributed by atoms with Crippen LogP contribution in [0.25, 0.3) is 0 Å². The first-order chi connectivity index (χ1) is 15.0. The second kappa shape index (κ2) is 13.6. The van der Waals surface area contributed by atoms with E-state index in [2.05, 4.69) is 45.6 Å². The topological polar surface area (TPSA) is 70.5 Å². The Labute approximate surface area is 190 Å². The van der Waals surface area contributed by atoms with Gasteiger partial charge in [0, 0.05) is 11.5 Å². The maximum absolute atomic E-state index is 6.34. The van der Waals surface area contributed by atoms with Crippen LogP contribution in [0.1, 0.15) is 82.8 Å². The number of ether oxygens (including phenoxy) is 2. The fraction of sp³-hybridized carbons (Fsp3) is 0.630. The molecule has 0 amide bonds. The van der Waals surface area contributed by atoms with Crippen molar-refractivity contribution in [3.8, 4) is 11.5 Å². The van der Waals surface area contributed by atoms with E-state index in [-0.39, 0.29) is 5.92 Å². The first-order valence-electron chi connectivity index (χ1n) is 12.2. The predicted octanol–water partition coefficient (Wildman–Crippen LogP) is 5.89. The van der Waals surface area contributed by atoms with E-state index in [1.165, 1.54) is 41.5 Å². The molecule has 4 heteroatoms. The average molecular weight is 429 g/mol. The lowest BCUT2D eigenvalue weighted by Gasteiger charge is -2.33. The van der Waals surface area contributed by atoms with Gasteiger partial charge in [-0.25, -0.2) is 0 Å². The first-order valence-corrected chi connectivity index (χ1v) is 12.2. The van der Waals surface area contributed by atoms with Crippen molar-refractivity contribution in [2.75, 3.05) is 26.3 Å². The molecule has 31 heavy (non-hydrogen) atoms. The molecule has 0 heterocycles. The molecule has 0 unspecified atom stereocenters. The summed E-state index contributed by atoms with van der Waals surface area (Å²) in [5.41, 5.74) is 16.6. The van der Waals surface area contributed by atoms with E-state index in [9.17, 15) is 0 Å². The highest BCUT2D eigenvalue weighted by Gasteiger charge is 2.31. The van der Waals surface area contributed by atoms with Gasteiger partial charge >= 0.3 is 0 Å². The fourth-order valence-electron chi connectivity index (χ4n) is 4.38. The van der Waals surface area contributed by atoms with Crippen LogP contribution in [0.3, 0.4) is 0 Å². The van der Waals surface area contributed by atoms with Gasteiger partial charge in [0.25, 0.3) is 0 Å². The number of hydrogen-bond donors (Lipinski definition) is 2. The van der Waals surface area contributed by atoms with Crippen molar-refractivity contribution < 1.29 is 9.47 Å². The minimum absolute atomic E-state index is 0.219. The van der Waals surface area contributed by atoms with E-state index < -0.39 is 0 Å². The third kappa shape index (κ3) is 7.69. The molecule has 0 aliphatic heterocycles. The molecule has 4 nitrogen and oxygen atoms in total. The third-order valence-electron chi connectivity index (χ3n) is 6.16. The number of allylic oxidation sites excluding steroid dienone is 3. The molecule has 0 spiro atoms. The van der Waals surface area contributed by atoms with Crippen LogP contribution in [-0.2, 0) is 6.42 Å². The first kappa shape index (κ1) is 25.5. The van der Waals surface area contributed by atoms with E-state index in [0.717, 1.165) is 43.6 Å². The molecule has 1 aromatic rings. The summed E-state index contributed by atoms with van der Waals surface area (Å²) in [5.74, 6) is 2.51. The Morgan fingerprint density at radius 2 is 1.65 bits per heavy atom. The van der Waals surface area contributed by atoms with Gasteiger partial charge in [0.1, 0.15) is 11.5 Å². The van der Waals surface area contributed by atoms with Crippen LogP contribution in [0.5, 0.6) is 11.5 Å². The highest BCUT2D eigenvalue weighted by Crippen LogP contribution is 2.47. The quantitative estimate of drug-likeness (QED) is 0.286. The lowest BCUT2D eigenvalue weighted by atomic mass is 9.73. The summed E-state index contributed by atoms with van der Waals surface area (Å²) in [6.07, 6.45) is 11.0. The summed E-state index contributed by atoms with van der Waals surface area (Å²) >= 11 is 0. The fourth-order valence-corrected chi connectivity index (χ4v) is 4.38. The summed E-state index contributed by atoms with van der Waals surface area (Å²) in [4.78, 5) is 0. The van der Waals surface area contributed by atoms with Gasteiger partial charge in [0.15, 0.2) is 0 Å². The summed E-state index contributed by atoms with van der Waals surface area (Å²) < 4.78 is 12.7. The van der Waals surface area contributed by atoms with Crippen LogP contribution < -0.4 is 20.9 Å². The van der Waals surface area contributed by atoms with Gasteiger partial charge in [-0.15, -0.1) is 0 Å². The van der Waals surface area contributed by atoms with Crippen molar-refractivity contribution >= 4 is 0 Å². The van der Waals surface area contributed by atoms with Crippen molar-refractivity contribution in [3.63, 3.8) is 0 Å². The molecule has 1 aromatic carbocycles. The van der Waals surface area contributed by atoms with Gasteiger partial charge in [-0.2, -0.15) is 0 Å². The molecule has 1 aliphatic rings. The Morgan fingerprint density at radius 3 is 2.16 bits per heavy atom. The van der Waals surface area contributed by atoms with Crippen molar-refractivity contribution in [3.05, 3.63) is 47.1 Å². The molecule has 0 radical (unpaired) electrons. The van der Waals surface area contributed by atoms with Gasteiger partial charge in [0.05, 0.1) is 13.2 Å². The van der Waals surface area contributed by atoms with Crippen LogP contribution in [-0.4, -0.2) is 26.3 Å². The van der Waals surface area contributed by atoms with Crippen molar-refractivity contribution in [1.29, 1.82) is 0 Å². The second-order valence-corrected chi connectivity index (χ2v) is 8.97. The molecule has 0 saturated carbocycles. The smallest absolute Gasteiger partial charge is 0.127 e. The zero-order valence-corrected chi connectivity index (χ0v) is 20.1. The molecule has 2 atom stereocenters. The van der Waals surface area contributed by atoms with E-state index in [1.54, 1.807) is 0 Å². The maximum atomic E-state index is 6.34. The van der Waals surface area contributed by atoms with E-state index >= 15 is 0 Å². The van der Waals surface area contributed by atoms with E-state index in [0.29, 0.717) is 32.2 Å². The molecule has 0 fully saturated rings. The molecular weight excluding hydrogens is 384 g/mol. The number of hydrogen-bond acceptors (Lipinski definition) is 4. The Bertz CT molecular complexity index is 695. The van der Waals surface area contributed by atoms with Crippen molar-refractivity contribution in [2.45, 2.75) is 78.1 Å². The van der Waals surface area contributed by atoms with Crippen LogP contribution >= 0.6 is 0 Å². The Balaban J connectivity index is 2.52. The summed E-state index contributed by atoms with van der Waals surface area (Å²) in [5, 5.41) is 0. The molecule has 1 aliphatic carbocycles. The molecule has 2 rings (SSSR count). The minimum Gasteiger partial charge on any atom is -0.493 e. The third-order valence-corrected chi connectivity index (χ3v) is 6.16. The zero-order valence-electron chi connectivity index (χ0n) is 20.1. The summed E-state index contributed by atoms with van der Waals surface area (Å²) in [6, 6.07) is 4.48. The van der Waals surface area contributed by atoms with Gasteiger partial charge < -0.3 is 20.9 Å². The zero-order chi connectivity index (χ0) is 22.6. The highest BCUT2D eigenvalue weighted by molar-refractivity contribution is 5.53. The largest absolute Gasteiger partial charge is 0.493 e. The summed E-state index contributed by atoms with van der Waals surface area (Å²) in [6.45, 7) is 13.4. The van der Waals surface area contributed by atoms with Crippen molar-refractivity contribution in [2.24, 2.45) is 17.4 Å². The standard InChI is InChI=1S/C27H44N2O2/c1-5-6-7-10-22-18-25(30-15-8-13-28)27(26(19-22)31-16-9-14-29)24-17-21(4)11-12-23(24)20(2)3/h17-19,23-24H,2,5-16,28-29H2,1,3-4H3/t23-,24+/m0/s1. The summed E-state index contributed by atoms with van der Waals surface area (Å²) in [7, 11) is 0. The molecule has 0 saturated heterocycles. The molecule has 4 N–H and O–H groups in total. The average Bonchev–Trinajstić information content (AvgIpc) is 2.74. The van der Waals surface area contributed by atoms with Crippen LogP contribution in [0.15, 0.2) is 35.9 Å². The Kier molecular flexibility index (Phi) is 11.2. The van der Waals surface area contributed by atoms with Gasteiger partial charge in [-0.05, 0) is 89.1 Å². The van der Waals surface area contributed by atoms with E-state index in [4.69, 9.17) is 20.9 Å². The maximum Gasteiger partial charge on any atom is 0.127 e. The molecule has 0 aromatic heterocycles. The predicted molar refractivity (Wildman–Crippen MR) is 132 cm³/mol. The van der Waals surface area contributed by atoms with Gasteiger partial charge in [0.2, 0.25) is 0 Å². The molecule has 174 valence electrons. The number of rotatable bonds is 14. The van der Waals surface area contributed by atoms with Crippen LogP contribution in [0, 0.1) is 5.92 Å². The normalized spacial score (nSPS) is 18.5. The van der Waals surface area contributed by atoms with Gasteiger partial charge in [-0.3, -0.25) is 0 Å². The Hall–Kier alpha value is -1.78. The number of benzene rings is 1. The van der Waals surface area contributed by atoms with Gasteiger partial charge in [-0.1, -0.05) is 43.6 Å². The second-order valence-electron chi connectivity index (χ2n) is 8.97. The number of unbranched alkanes of at least 4 members (excludes halogenated alkanes) is 2. The SMILES string of the molecule is C=C(C)[C@@H]1CCC(C)=C[C@H]1c1c(OCCCN)cc(CCCCC)cc1OCCCN. The van der Waals surface area contributed by atoms with Crippen LogP contribution in [0.4, 0.5) is 0 Å². The monoisotopic (exact) mass is 428 g/mol.